The lowest BCUT2D eigenvalue weighted by molar-refractivity contribution is 0.625. The van der Waals surface area contributed by atoms with E-state index < -0.39 is 0 Å². The predicted molar refractivity (Wildman–Crippen MR) is 62.5 cm³/mol. The summed E-state index contributed by atoms with van der Waals surface area (Å²) in [5, 5.41) is 2.98. The summed E-state index contributed by atoms with van der Waals surface area (Å²) in [6, 6.07) is 4.92. The summed E-state index contributed by atoms with van der Waals surface area (Å²) >= 11 is 0. The molecule has 0 unspecified atom stereocenters. The minimum atomic E-state index is -0.233. The van der Waals surface area contributed by atoms with E-state index in [-0.39, 0.29) is 5.82 Å². The highest BCUT2D eigenvalue weighted by atomic mass is 19.1. The highest BCUT2D eigenvalue weighted by Crippen LogP contribution is 2.18. The van der Waals surface area contributed by atoms with Crippen LogP contribution in [0.1, 0.15) is 11.3 Å². The van der Waals surface area contributed by atoms with Gasteiger partial charge in [-0.2, -0.15) is 0 Å². The third-order valence-corrected chi connectivity index (χ3v) is 2.36. The topological polar surface area (TPSA) is 29.9 Å². The molecule has 16 heavy (non-hydrogen) atoms. The number of aromatic nitrogens is 2. The molecule has 2 rings (SSSR count). The second kappa shape index (κ2) is 3.96. The van der Waals surface area contributed by atoms with Gasteiger partial charge in [0, 0.05) is 13.2 Å². The lowest BCUT2D eigenvalue weighted by atomic mass is 10.2. The maximum absolute atomic E-state index is 13.3. The average Bonchev–Trinajstić information content (AvgIpc) is 2.58. The monoisotopic (exact) mass is 219 g/mol. The van der Waals surface area contributed by atoms with E-state index in [0.717, 1.165) is 16.9 Å². The molecule has 0 atom stereocenters. The first kappa shape index (κ1) is 10.7. The first-order valence-corrected chi connectivity index (χ1v) is 5.11. The average molecular weight is 219 g/mol. The van der Waals surface area contributed by atoms with Gasteiger partial charge in [0.1, 0.15) is 5.82 Å². The Balaban J connectivity index is 2.57. The maximum Gasteiger partial charge on any atom is 0.207 e. The molecule has 1 heterocycles. The predicted octanol–water partition coefficient (Wildman–Crippen LogP) is 2.67. The first-order valence-electron chi connectivity index (χ1n) is 5.11. The third kappa shape index (κ3) is 1.91. The van der Waals surface area contributed by atoms with Crippen molar-refractivity contribution in [3.05, 3.63) is 41.5 Å². The molecule has 3 nitrogen and oxygen atoms in total. The van der Waals surface area contributed by atoms with Crippen LogP contribution >= 0.6 is 0 Å². The van der Waals surface area contributed by atoms with Crippen LogP contribution in [0.3, 0.4) is 0 Å². The summed E-state index contributed by atoms with van der Waals surface area (Å²) in [4.78, 5) is 4.29. The van der Waals surface area contributed by atoms with Crippen LogP contribution in [0.25, 0.3) is 5.69 Å². The smallest absolute Gasteiger partial charge is 0.207 e. The molecule has 0 saturated carbocycles. The molecule has 0 spiro atoms. The van der Waals surface area contributed by atoms with E-state index >= 15 is 0 Å². The largest absolute Gasteiger partial charge is 0.358 e. The fourth-order valence-electron chi connectivity index (χ4n) is 1.73. The molecule has 2 aromatic rings. The zero-order valence-corrected chi connectivity index (χ0v) is 9.58. The molecule has 0 aliphatic carbocycles. The van der Waals surface area contributed by atoms with Gasteiger partial charge in [0.25, 0.3) is 0 Å². The standard InChI is InChI=1S/C12H14FN3/c1-8-4-10(13)6-11(5-8)16-7-9(2)15-12(16)14-3/h4-7H,1-3H3,(H,14,15). The van der Waals surface area contributed by atoms with Crippen molar-refractivity contribution in [1.82, 2.24) is 9.55 Å². The van der Waals surface area contributed by atoms with Crippen molar-refractivity contribution in [2.24, 2.45) is 0 Å². The fraction of sp³-hybridized carbons (Fsp3) is 0.250. The first-order chi connectivity index (χ1) is 7.60. The van der Waals surface area contributed by atoms with Gasteiger partial charge in [0.15, 0.2) is 0 Å². The number of nitrogens with zero attached hydrogens (tertiary/aromatic N) is 2. The van der Waals surface area contributed by atoms with E-state index in [1.165, 1.54) is 12.1 Å². The Bertz CT molecular complexity index is 497. The minimum Gasteiger partial charge on any atom is -0.358 e. The molecular formula is C12H14FN3. The Kier molecular flexibility index (Phi) is 2.64. The van der Waals surface area contributed by atoms with E-state index in [1.54, 1.807) is 7.05 Å². The molecular weight excluding hydrogens is 205 g/mol. The summed E-state index contributed by atoms with van der Waals surface area (Å²) in [6.07, 6.45) is 1.88. The van der Waals surface area contributed by atoms with E-state index in [4.69, 9.17) is 0 Å². The van der Waals surface area contributed by atoms with Crippen molar-refractivity contribution >= 4 is 5.95 Å². The van der Waals surface area contributed by atoms with Gasteiger partial charge < -0.3 is 5.32 Å². The Morgan fingerprint density at radius 3 is 2.62 bits per heavy atom. The van der Waals surface area contributed by atoms with Gasteiger partial charge in [-0.3, -0.25) is 4.57 Å². The van der Waals surface area contributed by atoms with Crippen LogP contribution in [0.5, 0.6) is 0 Å². The number of anilines is 1. The quantitative estimate of drug-likeness (QED) is 0.841. The van der Waals surface area contributed by atoms with Crippen LogP contribution < -0.4 is 5.32 Å². The van der Waals surface area contributed by atoms with Crippen molar-refractivity contribution in [3.8, 4) is 5.69 Å². The summed E-state index contributed by atoms with van der Waals surface area (Å²) in [7, 11) is 1.80. The third-order valence-electron chi connectivity index (χ3n) is 2.36. The molecule has 0 fully saturated rings. The second-order valence-corrected chi connectivity index (χ2v) is 3.81. The van der Waals surface area contributed by atoms with Crippen LogP contribution in [-0.4, -0.2) is 16.6 Å². The molecule has 0 amide bonds. The van der Waals surface area contributed by atoms with E-state index in [9.17, 15) is 4.39 Å². The molecule has 0 saturated heterocycles. The number of nitrogens with one attached hydrogen (secondary N) is 1. The number of imidazole rings is 1. The minimum absolute atomic E-state index is 0.233. The van der Waals surface area contributed by atoms with Gasteiger partial charge in [-0.15, -0.1) is 0 Å². The lowest BCUT2D eigenvalue weighted by Crippen LogP contribution is -2.01. The van der Waals surface area contributed by atoms with Crippen LogP contribution in [0.2, 0.25) is 0 Å². The molecule has 0 bridgehead atoms. The van der Waals surface area contributed by atoms with Gasteiger partial charge in [-0.1, -0.05) is 0 Å². The molecule has 0 aliphatic heterocycles. The number of hydrogen-bond acceptors (Lipinski definition) is 2. The summed E-state index contributed by atoms with van der Waals surface area (Å²) in [5.41, 5.74) is 2.57. The number of benzene rings is 1. The van der Waals surface area contributed by atoms with Crippen LogP contribution in [0.4, 0.5) is 10.3 Å². The van der Waals surface area contributed by atoms with E-state index in [1.807, 2.05) is 30.7 Å². The molecule has 0 radical (unpaired) electrons. The second-order valence-electron chi connectivity index (χ2n) is 3.81. The molecule has 1 N–H and O–H groups in total. The maximum atomic E-state index is 13.3. The van der Waals surface area contributed by atoms with Crippen molar-refractivity contribution in [3.63, 3.8) is 0 Å². The normalized spacial score (nSPS) is 10.5. The van der Waals surface area contributed by atoms with Gasteiger partial charge in [0.2, 0.25) is 5.95 Å². The summed E-state index contributed by atoms with van der Waals surface area (Å²) in [6.45, 7) is 3.78. The fourth-order valence-corrected chi connectivity index (χ4v) is 1.73. The number of hydrogen-bond donors (Lipinski definition) is 1. The Labute approximate surface area is 93.9 Å². The molecule has 84 valence electrons. The van der Waals surface area contributed by atoms with E-state index in [0.29, 0.717) is 5.95 Å². The zero-order chi connectivity index (χ0) is 11.7. The highest BCUT2D eigenvalue weighted by Gasteiger charge is 2.07. The summed E-state index contributed by atoms with van der Waals surface area (Å²) < 4.78 is 15.1. The zero-order valence-electron chi connectivity index (χ0n) is 9.58. The molecule has 1 aromatic carbocycles. The van der Waals surface area contributed by atoms with Gasteiger partial charge in [0.05, 0.1) is 11.4 Å². The summed E-state index contributed by atoms with van der Waals surface area (Å²) in [5.74, 6) is 0.478. The Hall–Kier alpha value is -1.84. The van der Waals surface area contributed by atoms with Crippen molar-refractivity contribution in [2.45, 2.75) is 13.8 Å². The number of halogens is 1. The van der Waals surface area contributed by atoms with Crippen LogP contribution in [0.15, 0.2) is 24.4 Å². The van der Waals surface area contributed by atoms with Crippen LogP contribution in [0, 0.1) is 19.7 Å². The Morgan fingerprint density at radius 2 is 2.00 bits per heavy atom. The lowest BCUT2D eigenvalue weighted by Gasteiger charge is -2.07. The molecule has 4 heteroatoms. The molecule has 0 aliphatic rings. The van der Waals surface area contributed by atoms with E-state index in [2.05, 4.69) is 10.3 Å². The number of rotatable bonds is 2. The van der Waals surface area contributed by atoms with Gasteiger partial charge in [-0.25, -0.2) is 9.37 Å². The Morgan fingerprint density at radius 1 is 1.25 bits per heavy atom. The van der Waals surface area contributed by atoms with Crippen LogP contribution in [-0.2, 0) is 0 Å². The van der Waals surface area contributed by atoms with Crippen molar-refractivity contribution in [1.29, 1.82) is 0 Å². The van der Waals surface area contributed by atoms with Gasteiger partial charge in [-0.05, 0) is 37.6 Å². The highest BCUT2D eigenvalue weighted by molar-refractivity contribution is 5.44. The number of aryl methyl sites for hydroxylation is 2. The molecule has 1 aromatic heterocycles. The SMILES string of the molecule is CNc1nc(C)cn1-c1cc(C)cc(F)c1. The van der Waals surface area contributed by atoms with Crippen molar-refractivity contribution in [2.75, 3.05) is 12.4 Å². The van der Waals surface area contributed by atoms with Gasteiger partial charge >= 0.3 is 0 Å². The van der Waals surface area contributed by atoms with Crippen molar-refractivity contribution < 1.29 is 4.39 Å².